The Balaban J connectivity index is 1.10. The molecule has 0 radical (unpaired) electrons. The van der Waals surface area contributed by atoms with Gasteiger partial charge in [0.05, 0.1) is 29.7 Å². The highest BCUT2D eigenvalue weighted by molar-refractivity contribution is 5.53. The van der Waals surface area contributed by atoms with Crippen molar-refractivity contribution in [3.63, 3.8) is 0 Å². The van der Waals surface area contributed by atoms with Gasteiger partial charge < -0.3 is 4.90 Å². The van der Waals surface area contributed by atoms with Crippen LogP contribution in [0.3, 0.4) is 0 Å². The van der Waals surface area contributed by atoms with Crippen molar-refractivity contribution >= 4 is 5.69 Å². The van der Waals surface area contributed by atoms with Crippen molar-refractivity contribution in [3.05, 3.63) is 65.7 Å². The lowest BCUT2D eigenvalue weighted by atomic mass is 9.80. The van der Waals surface area contributed by atoms with Crippen LogP contribution in [0.2, 0.25) is 0 Å². The van der Waals surface area contributed by atoms with Gasteiger partial charge in [0.15, 0.2) is 0 Å². The monoisotopic (exact) mass is 424 g/mol. The Bertz CT molecular complexity index is 986. The molecule has 3 aliphatic rings. The second-order valence-electron chi connectivity index (χ2n) is 10.1. The van der Waals surface area contributed by atoms with E-state index in [1.807, 2.05) is 24.3 Å². The lowest BCUT2D eigenvalue weighted by molar-refractivity contribution is 0.0283. The van der Waals surface area contributed by atoms with Gasteiger partial charge in [0.25, 0.3) is 0 Å². The van der Waals surface area contributed by atoms with Gasteiger partial charge in [-0.05, 0) is 86.4 Å². The third kappa shape index (κ3) is 4.25. The number of likely N-dealkylation sites (tertiary alicyclic amines) is 1. The van der Waals surface area contributed by atoms with Crippen LogP contribution >= 0.6 is 0 Å². The molecule has 2 aliphatic heterocycles. The largest absolute Gasteiger partial charge is 0.368 e. The molecule has 2 aromatic rings. The Morgan fingerprint density at radius 3 is 2.28 bits per heavy atom. The van der Waals surface area contributed by atoms with E-state index >= 15 is 0 Å². The van der Waals surface area contributed by atoms with Crippen molar-refractivity contribution in [1.29, 1.82) is 10.5 Å². The summed E-state index contributed by atoms with van der Waals surface area (Å²) in [6.07, 6.45) is 7.26. The fraction of sp³-hybridized carbons (Fsp3) is 0.500. The number of piperidine rings is 1. The molecule has 4 heteroatoms. The SMILES string of the molecule is N#CCC1(N2CCC(CCC3CC3c3ccccc3)CC2)CN(c2ccc(C#N)cc2)C1. The number of benzene rings is 2. The molecule has 5 rings (SSSR count). The summed E-state index contributed by atoms with van der Waals surface area (Å²) in [4.78, 5) is 4.96. The van der Waals surface area contributed by atoms with Gasteiger partial charge in [-0.2, -0.15) is 10.5 Å². The van der Waals surface area contributed by atoms with Gasteiger partial charge in [0.2, 0.25) is 0 Å². The molecule has 0 spiro atoms. The van der Waals surface area contributed by atoms with Crippen LogP contribution in [0.25, 0.3) is 0 Å². The van der Waals surface area contributed by atoms with Crippen LogP contribution in [0.4, 0.5) is 5.69 Å². The molecule has 2 unspecified atom stereocenters. The van der Waals surface area contributed by atoms with Crippen molar-refractivity contribution in [3.8, 4) is 12.1 Å². The quantitative estimate of drug-likeness (QED) is 0.603. The van der Waals surface area contributed by atoms with E-state index in [1.54, 1.807) is 0 Å². The number of hydrogen-bond donors (Lipinski definition) is 0. The zero-order valence-corrected chi connectivity index (χ0v) is 18.8. The molecule has 2 saturated heterocycles. The third-order valence-corrected chi connectivity index (χ3v) is 8.12. The molecule has 164 valence electrons. The predicted molar refractivity (Wildman–Crippen MR) is 127 cm³/mol. The fourth-order valence-electron chi connectivity index (χ4n) is 5.99. The summed E-state index contributed by atoms with van der Waals surface area (Å²) >= 11 is 0. The second-order valence-corrected chi connectivity index (χ2v) is 10.1. The summed E-state index contributed by atoms with van der Waals surface area (Å²) in [5.74, 6) is 2.54. The van der Waals surface area contributed by atoms with Crippen LogP contribution < -0.4 is 4.90 Å². The summed E-state index contributed by atoms with van der Waals surface area (Å²) < 4.78 is 0. The molecule has 0 aromatic heterocycles. The Morgan fingerprint density at radius 1 is 0.906 bits per heavy atom. The lowest BCUT2D eigenvalue weighted by Crippen LogP contribution is -2.71. The molecule has 2 atom stereocenters. The number of nitriles is 2. The maximum Gasteiger partial charge on any atom is 0.0991 e. The van der Waals surface area contributed by atoms with Gasteiger partial charge in [-0.1, -0.05) is 36.8 Å². The van der Waals surface area contributed by atoms with Crippen LogP contribution in [0.5, 0.6) is 0 Å². The van der Waals surface area contributed by atoms with Gasteiger partial charge in [-0.3, -0.25) is 4.90 Å². The lowest BCUT2D eigenvalue weighted by Gasteiger charge is -2.57. The van der Waals surface area contributed by atoms with Gasteiger partial charge >= 0.3 is 0 Å². The van der Waals surface area contributed by atoms with Crippen molar-refractivity contribution < 1.29 is 0 Å². The van der Waals surface area contributed by atoms with E-state index < -0.39 is 0 Å². The van der Waals surface area contributed by atoms with E-state index in [9.17, 15) is 5.26 Å². The van der Waals surface area contributed by atoms with Gasteiger partial charge in [0, 0.05) is 18.8 Å². The smallest absolute Gasteiger partial charge is 0.0991 e. The molecule has 0 bridgehead atoms. The molecule has 1 saturated carbocycles. The van der Waals surface area contributed by atoms with E-state index in [4.69, 9.17) is 5.26 Å². The van der Waals surface area contributed by atoms with Crippen molar-refractivity contribution in [1.82, 2.24) is 4.90 Å². The highest BCUT2D eigenvalue weighted by Gasteiger charge is 2.48. The summed E-state index contributed by atoms with van der Waals surface area (Å²) in [6, 6.07) is 23.5. The summed E-state index contributed by atoms with van der Waals surface area (Å²) in [7, 11) is 0. The van der Waals surface area contributed by atoms with E-state index in [0.717, 1.165) is 49.6 Å². The molecule has 2 heterocycles. The Labute approximate surface area is 192 Å². The molecule has 1 aliphatic carbocycles. The predicted octanol–water partition coefficient (Wildman–Crippen LogP) is 5.33. The molecular formula is C28H32N4. The van der Waals surface area contributed by atoms with Gasteiger partial charge in [0.1, 0.15) is 0 Å². The number of hydrogen-bond acceptors (Lipinski definition) is 4. The molecule has 3 fully saturated rings. The summed E-state index contributed by atoms with van der Waals surface area (Å²) in [5.41, 5.74) is 3.39. The van der Waals surface area contributed by atoms with Crippen molar-refractivity contribution in [2.75, 3.05) is 31.1 Å². The third-order valence-electron chi connectivity index (χ3n) is 8.12. The van der Waals surface area contributed by atoms with Gasteiger partial charge in [-0.25, -0.2) is 0 Å². The van der Waals surface area contributed by atoms with Crippen LogP contribution in [0, 0.1) is 34.5 Å². The zero-order valence-electron chi connectivity index (χ0n) is 18.8. The average molecular weight is 425 g/mol. The summed E-state index contributed by atoms with van der Waals surface area (Å²) in [6.45, 7) is 4.08. The first-order chi connectivity index (χ1) is 15.7. The normalized spacial score (nSPS) is 24.9. The number of anilines is 1. The highest BCUT2D eigenvalue weighted by Crippen LogP contribution is 2.51. The maximum absolute atomic E-state index is 9.51. The van der Waals surface area contributed by atoms with Crippen LogP contribution in [-0.4, -0.2) is 36.6 Å². The molecular weight excluding hydrogens is 392 g/mol. The van der Waals surface area contributed by atoms with Crippen LogP contribution in [-0.2, 0) is 0 Å². The fourth-order valence-corrected chi connectivity index (χ4v) is 5.99. The number of nitrogens with zero attached hydrogens (tertiary/aromatic N) is 4. The van der Waals surface area contributed by atoms with E-state index in [-0.39, 0.29) is 5.54 Å². The minimum atomic E-state index is 0.00250. The molecule has 32 heavy (non-hydrogen) atoms. The van der Waals surface area contributed by atoms with Crippen molar-refractivity contribution in [2.45, 2.75) is 50.0 Å². The maximum atomic E-state index is 9.51. The first-order valence-electron chi connectivity index (χ1n) is 12.1. The topological polar surface area (TPSA) is 54.1 Å². The Kier molecular flexibility index (Phi) is 5.90. The average Bonchev–Trinajstić information content (AvgIpc) is 3.61. The highest BCUT2D eigenvalue weighted by atomic mass is 15.4. The number of rotatable bonds is 7. The van der Waals surface area contributed by atoms with Gasteiger partial charge in [-0.15, -0.1) is 0 Å². The Hall–Kier alpha value is -2.82. The first kappa shape index (κ1) is 21.0. The minimum Gasteiger partial charge on any atom is -0.368 e. The first-order valence-corrected chi connectivity index (χ1v) is 12.1. The van der Waals surface area contributed by atoms with E-state index in [1.165, 1.54) is 37.7 Å². The van der Waals surface area contributed by atoms with Crippen molar-refractivity contribution in [2.24, 2.45) is 11.8 Å². The molecule has 0 N–H and O–H groups in total. The Morgan fingerprint density at radius 2 is 1.62 bits per heavy atom. The summed E-state index contributed by atoms with van der Waals surface area (Å²) in [5, 5.41) is 18.5. The van der Waals surface area contributed by atoms with E-state index in [2.05, 4.69) is 52.3 Å². The van der Waals surface area contributed by atoms with E-state index in [0.29, 0.717) is 12.0 Å². The zero-order chi connectivity index (χ0) is 22.0. The standard InChI is InChI=1S/C28H32N4/c29-15-14-28(20-31(21-28)26-10-7-23(19-30)8-11-26)32-16-12-22(13-17-32)6-9-25-18-27(25)24-4-2-1-3-5-24/h1-5,7-8,10-11,22,25,27H,6,9,12-14,16-18,20-21H2. The molecule has 2 aromatic carbocycles. The molecule has 4 nitrogen and oxygen atoms in total. The molecule has 0 amide bonds. The van der Waals surface area contributed by atoms with Crippen LogP contribution in [0.15, 0.2) is 54.6 Å². The minimum absolute atomic E-state index is 0.00250. The second kappa shape index (κ2) is 8.97. The van der Waals surface area contributed by atoms with Crippen LogP contribution in [0.1, 0.15) is 55.6 Å².